The van der Waals surface area contributed by atoms with Gasteiger partial charge in [0.05, 0.1) is 12.7 Å². The molecule has 0 aliphatic heterocycles. The van der Waals surface area contributed by atoms with Gasteiger partial charge in [-0.25, -0.2) is 0 Å². The van der Waals surface area contributed by atoms with E-state index in [1.807, 2.05) is 0 Å². The van der Waals surface area contributed by atoms with E-state index in [0.29, 0.717) is 10.9 Å². The average Bonchev–Trinajstić information content (AvgIpc) is 2.27. The van der Waals surface area contributed by atoms with Crippen LogP contribution in [0.2, 0.25) is 0 Å². The summed E-state index contributed by atoms with van der Waals surface area (Å²) in [5, 5.41) is 0.948. The Morgan fingerprint density at radius 1 is 1.17 bits per heavy atom. The van der Waals surface area contributed by atoms with Crippen LogP contribution in [0, 0.1) is 0 Å². The summed E-state index contributed by atoms with van der Waals surface area (Å²) in [5.41, 5.74) is 0. The molecule has 0 aromatic carbocycles. The van der Waals surface area contributed by atoms with E-state index in [2.05, 4.69) is 31.9 Å². The monoisotopic (exact) mass is 298 g/mol. The number of rotatable bonds is 3. The Balaban J connectivity index is 2.26. The van der Waals surface area contributed by atoms with Crippen molar-refractivity contribution < 1.29 is 4.74 Å². The molecule has 1 saturated carbocycles. The molecule has 0 aromatic heterocycles. The Morgan fingerprint density at radius 2 is 1.92 bits per heavy atom. The molecule has 0 aromatic rings. The Labute approximate surface area is 91.5 Å². The summed E-state index contributed by atoms with van der Waals surface area (Å²) in [6.45, 7) is 0.840. The van der Waals surface area contributed by atoms with E-state index in [1.165, 1.54) is 32.1 Å². The Kier molecular flexibility index (Phi) is 5.85. The van der Waals surface area contributed by atoms with Crippen LogP contribution in [-0.2, 0) is 4.74 Å². The second-order valence-corrected chi connectivity index (χ2v) is 5.22. The first-order chi connectivity index (χ1) is 5.84. The molecule has 0 spiro atoms. The molecule has 72 valence electrons. The Bertz CT molecular complexity index is 119. The second-order valence-electron chi connectivity index (χ2n) is 3.25. The second kappa shape index (κ2) is 6.39. The van der Waals surface area contributed by atoms with Gasteiger partial charge in [0.15, 0.2) is 0 Å². The Hall–Kier alpha value is 0.920. The van der Waals surface area contributed by atoms with E-state index >= 15 is 0 Å². The van der Waals surface area contributed by atoms with Gasteiger partial charge in [0, 0.05) is 10.2 Å². The van der Waals surface area contributed by atoms with E-state index in [4.69, 9.17) is 4.74 Å². The van der Waals surface area contributed by atoms with Gasteiger partial charge in [0.2, 0.25) is 0 Å². The van der Waals surface area contributed by atoms with Gasteiger partial charge in [-0.3, -0.25) is 0 Å². The van der Waals surface area contributed by atoms with Crippen LogP contribution < -0.4 is 0 Å². The lowest BCUT2D eigenvalue weighted by Crippen LogP contribution is -2.23. The molecule has 0 bridgehead atoms. The normalized spacial score (nSPS) is 31.5. The summed E-state index contributed by atoms with van der Waals surface area (Å²) >= 11 is 7.07. The molecule has 1 rings (SSSR count). The lowest BCUT2D eigenvalue weighted by molar-refractivity contribution is 0.0602. The van der Waals surface area contributed by atoms with Crippen molar-refractivity contribution in [2.24, 2.45) is 0 Å². The zero-order valence-corrected chi connectivity index (χ0v) is 10.4. The molecule has 12 heavy (non-hydrogen) atoms. The maximum Gasteiger partial charge on any atom is 0.0700 e. The predicted octanol–water partition coefficient (Wildman–Crippen LogP) is 3.49. The zero-order valence-electron chi connectivity index (χ0n) is 7.27. The summed E-state index contributed by atoms with van der Waals surface area (Å²) in [6, 6.07) is 0. The molecule has 1 fully saturated rings. The van der Waals surface area contributed by atoms with Gasteiger partial charge in [-0.1, -0.05) is 51.1 Å². The van der Waals surface area contributed by atoms with Crippen molar-refractivity contribution in [1.29, 1.82) is 0 Å². The Morgan fingerprint density at radius 3 is 2.67 bits per heavy atom. The number of ether oxygens (including phenoxy) is 1. The van der Waals surface area contributed by atoms with Crippen molar-refractivity contribution >= 4 is 31.9 Å². The van der Waals surface area contributed by atoms with Gasteiger partial charge in [-0.05, 0) is 12.8 Å². The van der Waals surface area contributed by atoms with Gasteiger partial charge in [-0.2, -0.15) is 0 Å². The van der Waals surface area contributed by atoms with Crippen molar-refractivity contribution in [2.45, 2.75) is 43.0 Å². The number of hydrogen-bond donors (Lipinski definition) is 0. The van der Waals surface area contributed by atoms with E-state index in [0.717, 1.165) is 11.9 Å². The molecular formula is C9H16Br2O. The lowest BCUT2D eigenvalue weighted by atomic mass is 10.1. The van der Waals surface area contributed by atoms with Gasteiger partial charge >= 0.3 is 0 Å². The highest BCUT2D eigenvalue weighted by atomic mass is 79.9. The molecule has 1 nitrogen and oxygen atoms in total. The molecule has 0 heterocycles. The van der Waals surface area contributed by atoms with Gasteiger partial charge in [0.25, 0.3) is 0 Å². The summed E-state index contributed by atoms with van der Waals surface area (Å²) < 4.78 is 5.73. The maximum atomic E-state index is 5.73. The minimum Gasteiger partial charge on any atom is -0.376 e. The summed E-state index contributed by atoms with van der Waals surface area (Å²) in [6.07, 6.45) is 7.00. The van der Waals surface area contributed by atoms with Gasteiger partial charge < -0.3 is 4.74 Å². The van der Waals surface area contributed by atoms with Crippen LogP contribution in [0.5, 0.6) is 0 Å². The zero-order chi connectivity index (χ0) is 8.81. The molecule has 3 heteroatoms. The van der Waals surface area contributed by atoms with Crippen LogP contribution in [-0.4, -0.2) is 22.9 Å². The highest BCUT2D eigenvalue weighted by Gasteiger charge is 2.21. The number of hydrogen-bond acceptors (Lipinski definition) is 1. The third-order valence-electron chi connectivity index (χ3n) is 2.28. The molecule has 2 atom stereocenters. The third-order valence-corrected chi connectivity index (χ3v) is 3.65. The topological polar surface area (TPSA) is 9.23 Å². The van der Waals surface area contributed by atoms with Crippen LogP contribution >= 0.6 is 31.9 Å². The van der Waals surface area contributed by atoms with Crippen molar-refractivity contribution in [3.63, 3.8) is 0 Å². The lowest BCUT2D eigenvalue weighted by Gasteiger charge is -2.19. The molecule has 0 N–H and O–H groups in total. The van der Waals surface area contributed by atoms with E-state index in [1.54, 1.807) is 0 Å². The summed E-state index contributed by atoms with van der Waals surface area (Å²) in [4.78, 5) is 0.582. The third kappa shape index (κ3) is 3.75. The summed E-state index contributed by atoms with van der Waals surface area (Å²) in [7, 11) is 0. The first-order valence-electron chi connectivity index (χ1n) is 4.66. The van der Waals surface area contributed by atoms with Gasteiger partial charge in [0.1, 0.15) is 0 Å². The smallest absolute Gasteiger partial charge is 0.0700 e. The molecule has 0 saturated heterocycles. The van der Waals surface area contributed by atoms with E-state index < -0.39 is 0 Å². The molecule has 1 aliphatic rings. The molecular weight excluding hydrogens is 284 g/mol. The fourth-order valence-electron chi connectivity index (χ4n) is 1.61. The minimum absolute atomic E-state index is 0.449. The largest absolute Gasteiger partial charge is 0.376 e. The highest BCUT2D eigenvalue weighted by Crippen LogP contribution is 2.25. The fraction of sp³-hybridized carbons (Fsp3) is 1.00. The molecule has 0 radical (unpaired) electrons. The number of halogens is 2. The molecule has 1 aliphatic carbocycles. The highest BCUT2D eigenvalue weighted by molar-refractivity contribution is 9.09. The number of alkyl halides is 2. The van der Waals surface area contributed by atoms with Gasteiger partial charge in [-0.15, -0.1) is 0 Å². The predicted molar refractivity (Wildman–Crippen MR) is 59.3 cm³/mol. The van der Waals surface area contributed by atoms with Crippen molar-refractivity contribution in [3.05, 3.63) is 0 Å². The minimum atomic E-state index is 0.449. The maximum absolute atomic E-state index is 5.73. The van der Waals surface area contributed by atoms with Crippen LogP contribution in [0.3, 0.4) is 0 Å². The van der Waals surface area contributed by atoms with Crippen molar-refractivity contribution in [2.75, 3.05) is 11.9 Å². The average molecular weight is 300 g/mol. The van der Waals surface area contributed by atoms with Crippen LogP contribution in [0.1, 0.15) is 32.1 Å². The first kappa shape index (κ1) is 11.0. The van der Waals surface area contributed by atoms with Crippen molar-refractivity contribution in [1.82, 2.24) is 0 Å². The molecule has 0 unspecified atom stereocenters. The van der Waals surface area contributed by atoms with Crippen LogP contribution in [0.15, 0.2) is 0 Å². The standard InChI is InChI=1S/C9H16Br2O/c10-6-7-12-9-5-3-1-2-4-8(9)11/h8-9H,1-7H2/t8-,9-/m1/s1. The quantitative estimate of drug-likeness (QED) is 0.572. The van der Waals surface area contributed by atoms with Crippen molar-refractivity contribution in [3.8, 4) is 0 Å². The fourth-order valence-corrected chi connectivity index (χ4v) is 2.54. The van der Waals surface area contributed by atoms with Crippen LogP contribution in [0.25, 0.3) is 0 Å². The van der Waals surface area contributed by atoms with Crippen LogP contribution in [0.4, 0.5) is 0 Å². The first-order valence-corrected chi connectivity index (χ1v) is 6.70. The summed E-state index contributed by atoms with van der Waals surface area (Å²) in [5.74, 6) is 0. The SMILES string of the molecule is BrCCO[C@@H]1CCCCC[C@H]1Br. The van der Waals surface area contributed by atoms with E-state index in [-0.39, 0.29) is 0 Å². The molecule has 0 amide bonds. The van der Waals surface area contributed by atoms with E-state index in [9.17, 15) is 0 Å².